The molecule has 4 rings (SSSR count). The number of aromatic nitrogens is 1. The number of para-hydroxylation sites is 2. The molecule has 162 valence electrons. The smallest absolute Gasteiger partial charge is 0.329 e. The SMILES string of the molecule is COc1ccccc1COC(=O)[C@H](Cc1c[nH]c2ccccc12)NC(=O)c1ccccc1. The topological polar surface area (TPSA) is 80.4 Å². The minimum Gasteiger partial charge on any atom is -0.496 e. The monoisotopic (exact) mass is 428 g/mol. The molecule has 6 nitrogen and oxygen atoms in total. The third kappa shape index (κ3) is 4.81. The maximum atomic E-state index is 13.1. The Kier molecular flexibility index (Phi) is 6.51. The van der Waals surface area contributed by atoms with Crippen molar-refractivity contribution in [2.45, 2.75) is 19.1 Å². The van der Waals surface area contributed by atoms with Gasteiger partial charge in [0.15, 0.2) is 0 Å². The molecule has 6 heteroatoms. The Hall–Kier alpha value is -4.06. The molecule has 1 heterocycles. The fourth-order valence-electron chi connectivity index (χ4n) is 3.62. The minimum atomic E-state index is -0.850. The number of aromatic amines is 1. The van der Waals surface area contributed by atoms with Crippen molar-refractivity contribution in [1.29, 1.82) is 0 Å². The maximum absolute atomic E-state index is 13.1. The Bertz CT molecular complexity index is 1220. The molecule has 0 bridgehead atoms. The predicted octanol–water partition coefficient (Wildman–Crippen LogP) is 4.26. The minimum absolute atomic E-state index is 0.0500. The van der Waals surface area contributed by atoms with Crippen LogP contribution in [0.15, 0.2) is 85.1 Å². The van der Waals surface area contributed by atoms with Crippen LogP contribution in [0.4, 0.5) is 0 Å². The van der Waals surface area contributed by atoms with Crippen molar-refractivity contribution < 1.29 is 19.1 Å². The van der Waals surface area contributed by atoms with E-state index in [0.29, 0.717) is 17.7 Å². The predicted molar refractivity (Wildman–Crippen MR) is 122 cm³/mol. The molecule has 0 aliphatic rings. The van der Waals surface area contributed by atoms with Gasteiger partial charge in [0.05, 0.1) is 7.11 Å². The van der Waals surface area contributed by atoms with Crippen molar-refractivity contribution >= 4 is 22.8 Å². The van der Waals surface area contributed by atoms with E-state index in [0.717, 1.165) is 22.0 Å². The van der Waals surface area contributed by atoms with Crippen molar-refractivity contribution in [3.8, 4) is 5.75 Å². The molecule has 0 saturated carbocycles. The number of hydrogen-bond acceptors (Lipinski definition) is 4. The second-order valence-electron chi connectivity index (χ2n) is 7.38. The zero-order valence-electron chi connectivity index (χ0n) is 17.7. The first-order valence-corrected chi connectivity index (χ1v) is 10.3. The number of ether oxygens (including phenoxy) is 2. The summed E-state index contributed by atoms with van der Waals surface area (Å²) in [6.45, 7) is 0.0500. The first-order valence-electron chi connectivity index (χ1n) is 10.3. The zero-order valence-corrected chi connectivity index (χ0v) is 17.7. The van der Waals surface area contributed by atoms with E-state index in [9.17, 15) is 9.59 Å². The summed E-state index contributed by atoms with van der Waals surface area (Å²) in [4.78, 5) is 29.0. The lowest BCUT2D eigenvalue weighted by Crippen LogP contribution is -2.43. The van der Waals surface area contributed by atoms with Crippen LogP contribution in [0.3, 0.4) is 0 Å². The second kappa shape index (κ2) is 9.83. The summed E-state index contributed by atoms with van der Waals surface area (Å²) in [5.41, 5.74) is 3.13. The highest BCUT2D eigenvalue weighted by molar-refractivity contribution is 5.97. The quantitative estimate of drug-likeness (QED) is 0.411. The van der Waals surface area contributed by atoms with E-state index in [-0.39, 0.29) is 12.5 Å². The molecule has 1 amide bonds. The average Bonchev–Trinajstić information content (AvgIpc) is 3.25. The molecular weight excluding hydrogens is 404 g/mol. The normalized spacial score (nSPS) is 11.7. The average molecular weight is 428 g/mol. The number of methoxy groups -OCH3 is 1. The summed E-state index contributed by atoms with van der Waals surface area (Å²) in [5.74, 6) is -0.197. The lowest BCUT2D eigenvalue weighted by Gasteiger charge is -2.18. The molecule has 0 radical (unpaired) electrons. The third-order valence-corrected chi connectivity index (χ3v) is 5.29. The fourth-order valence-corrected chi connectivity index (χ4v) is 3.62. The number of carbonyl (C=O) groups is 2. The van der Waals surface area contributed by atoms with Crippen molar-refractivity contribution in [2.24, 2.45) is 0 Å². The van der Waals surface area contributed by atoms with Crippen LogP contribution in [0, 0.1) is 0 Å². The molecule has 2 N–H and O–H groups in total. The Morgan fingerprint density at radius 1 is 0.906 bits per heavy atom. The van der Waals surface area contributed by atoms with Gasteiger partial charge in [-0.15, -0.1) is 0 Å². The number of benzene rings is 3. The number of H-pyrrole nitrogens is 1. The summed E-state index contributed by atoms with van der Waals surface area (Å²) >= 11 is 0. The van der Waals surface area contributed by atoms with Crippen LogP contribution in [-0.2, 0) is 22.6 Å². The maximum Gasteiger partial charge on any atom is 0.329 e. The van der Waals surface area contributed by atoms with Crippen LogP contribution in [0.25, 0.3) is 10.9 Å². The largest absolute Gasteiger partial charge is 0.496 e. The molecule has 0 saturated heterocycles. The summed E-state index contributed by atoms with van der Waals surface area (Å²) in [6.07, 6.45) is 2.16. The molecular formula is C26H24N2O4. The summed E-state index contributed by atoms with van der Waals surface area (Å²) < 4.78 is 10.9. The Morgan fingerprint density at radius 3 is 2.44 bits per heavy atom. The first kappa shape index (κ1) is 21.2. The summed E-state index contributed by atoms with van der Waals surface area (Å²) in [5, 5.41) is 3.85. The van der Waals surface area contributed by atoms with Crippen LogP contribution in [-0.4, -0.2) is 30.0 Å². The molecule has 0 aliphatic heterocycles. The highest BCUT2D eigenvalue weighted by Gasteiger charge is 2.25. The van der Waals surface area contributed by atoms with Crippen molar-refractivity contribution in [2.75, 3.05) is 7.11 Å². The highest BCUT2D eigenvalue weighted by atomic mass is 16.5. The van der Waals surface area contributed by atoms with Crippen LogP contribution in [0.2, 0.25) is 0 Å². The Labute approximate surface area is 186 Å². The lowest BCUT2D eigenvalue weighted by molar-refractivity contribution is -0.147. The zero-order chi connectivity index (χ0) is 22.3. The number of fused-ring (bicyclic) bond motifs is 1. The third-order valence-electron chi connectivity index (χ3n) is 5.29. The van der Waals surface area contributed by atoms with Gasteiger partial charge in [0.2, 0.25) is 0 Å². The number of amides is 1. The van der Waals surface area contributed by atoms with Gasteiger partial charge in [-0.1, -0.05) is 54.6 Å². The van der Waals surface area contributed by atoms with Gasteiger partial charge in [-0.05, 0) is 29.8 Å². The van der Waals surface area contributed by atoms with E-state index in [4.69, 9.17) is 9.47 Å². The molecule has 0 unspecified atom stereocenters. The van der Waals surface area contributed by atoms with Gasteiger partial charge in [-0.2, -0.15) is 0 Å². The molecule has 3 aromatic carbocycles. The Balaban J connectivity index is 1.54. The Morgan fingerprint density at radius 2 is 1.62 bits per heavy atom. The molecule has 32 heavy (non-hydrogen) atoms. The van der Waals surface area contributed by atoms with Crippen LogP contribution < -0.4 is 10.1 Å². The van der Waals surface area contributed by atoms with Crippen LogP contribution in [0.1, 0.15) is 21.5 Å². The summed E-state index contributed by atoms with van der Waals surface area (Å²) in [6, 6.07) is 23.1. The van der Waals surface area contributed by atoms with Gasteiger partial charge < -0.3 is 19.8 Å². The molecule has 0 spiro atoms. The number of nitrogens with one attached hydrogen (secondary N) is 2. The molecule has 0 fully saturated rings. The van der Waals surface area contributed by atoms with E-state index < -0.39 is 12.0 Å². The molecule has 1 atom stereocenters. The fraction of sp³-hybridized carbons (Fsp3) is 0.154. The van der Waals surface area contributed by atoms with E-state index in [1.165, 1.54) is 0 Å². The van der Waals surface area contributed by atoms with Crippen molar-refractivity contribution in [3.05, 3.63) is 102 Å². The van der Waals surface area contributed by atoms with Crippen molar-refractivity contribution in [3.63, 3.8) is 0 Å². The van der Waals surface area contributed by atoms with Gasteiger partial charge in [-0.25, -0.2) is 4.79 Å². The second-order valence-corrected chi connectivity index (χ2v) is 7.38. The van der Waals surface area contributed by atoms with E-state index in [2.05, 4.69) is 10.3 Å². The number of rotatable bonds is 8. The standard InChI is InChI=1S/C26H24N2O4/c1-31-24-14-8-5-11-19(24)17-32-26(30)23(28-25(29)18-9-3-2-4-10-18)15-20-16-27-22-13-7-6-12-21(20)22/h2-14,16,23,27H,15,17H2,1H3,(H,28,29)/t23-/m0/s1. The van der Waals surface area contributed by atoms with Gasteiger partial charge >= 0.3 is 5.97 Å². The number of carbonyl (C=O) groups excluding carboxylic acids is 2. The van der Waals surface area contributed by atoms with Crippen LogP contribution in [0.5, 0.6) is 5.75 Å². The summed E-state index contributed by atoms with van der Waals surface area (Å²) in [7, 11) is 1.57. The first-order chi connectivity index (χ1) is 15.7. The van der Waals surface area contributed by atoms with Crippen molar-refractivity contribution in [1.82, 2.24) is 10.3 Å². The van der Waals surface area contributed by atoms with Gasteiger partial charge in [0.25, 0.3) is 5.91 Å². The van der Waals surface area contributed by atoms with E-state index >= 15 is 0 Å². The van der Waals surface area contributed by atoms with Gasteiger partial charge in [0.1, 0.15) is 18.4 Å². The number of esters is 1. The number of hydrogen-bond donors (Lipinski definition) is 2. The van der Waals surface area contributed by atoms with Gasteiger partial charge in [0, 0.05) is 34.6 Å². The highest BCUT2D eigenvalue weighted by Crippen LogP contribution is 2.21. The lowest BCUT2D eigenvalue weighted by atomic mass is 10.0. The molecule has 1 aromatic heterocycles. The molecule has 0 aliphatic carbocycles. The molecule has 4 aromatic rings. The van der Waals surface area contributed by atoms with E-state index in [1.807, 2.05) is 60.8 Å². The van der Waals surface area contributed by atoms with E-state index in [1.54, 1.807) is 31.4 Å². The van der Waals surface area contributed by atoms with Gasteiger partial charge in [-0.3, -0.25) is 4.79 Å². The van der Waals surface area contributed by atoms with Crippen LogP contribution >= 0.6 is 0 Å².